The second kappa shape index (κ2) is 6.48. The Morgan fingerprint density at radius 1 is 1.42 bits per heavy atom. The van der Waals surface area contributed by atoms with Crippen LogP contribution in [-0.2, 0) is 30.2 Å². The van der Waals surface area contributed by atoms with Crippen LogP contribution in [0.2, 0.25) is 0 Å². The quantitative estimate of drug-likeness (QED) is 0.825. The zero-order valence-corrected chi connectivity index (χ0v) is 15.9. The summed E-state index contributed by atoms with van der Waals surface area (Å²) >= 11 is 0. The van der Waals surface area contributed by atoms with Gasteiger partial charge in [-0.2, -0.15) is 13.9 Å². The van der Waals surface area contributed by atoms with Crippen LogP contribution in [0.25, 0.3) is 0 Å². The molecule has 0 bridgehead atoms. The van der Waals surface area contributed by atoms with Gasteiger partial charge in [-0.3, -0.25) is 4.68 Å². The highest BCUT2D eigenvalue weighted by Crippen LogP contribution is 2.42. The lowest BCUT2D eigenvalue weighted by Crippen LogP contribution is -2.45. The molecule has 0 fully saturated rings. The molecule has 2 N–H and O–H groups in total. The molecule has 2 aliphatic heterocycles. The third-order valence-electron chi connectivity index (χ3n) is 5.09. The second-order valence-electron chi connectivity index (χ2n) is 8.46. The van der Waals surface area contributed by atoms with Crippen LogP contribution >= 0.6 is 0 Å². The monoisotopic (exact) mass is 370 g/mol. The Balaban J connectivity index is 1.95. The predicted octanol–water partition coefficient (Wildman–Crippen LogP) is 3.03. The molecule has 1 unspecified atom stereocenters. The Morgan fingerprint density at radius 2 is 2.12 bits per heavy atom. The molecule has 0 aliphatic carbocycles. The van der Waals surface area contributed by atoms with E-state index in [1.165, 1.54) is 9.58 Å². The van der Waals surface area contributed by atoms with E-state index >= 15 is 0 Å². The number of hydrogen-bond acceptors (Lipinski definition) is 4. The van der Waals surface area contributed by atoms with Crippen LogP contribution in [0.5, 0.6) is 0 Å². The van der Waals surface area contributed by atoms with Gasteiger partial charge in [0.05, 0.1) is 12.2 Å². The highest BCUT2D eigenvalue weighted by Gasteiger charge is 2.45. The summed E-state index contributed by atoms with van der Waals surface area (Å²) in [4.78, 5) is 14.0. The summed E-state index contributed by atoms with van der Waals surface area (Å²) in [5, 5.41) is 4.47. The highest BCUT2D eigenvalue weighted by atomic mass is 19.3. The van der Waals surface area contributed by atoms with Gasteiger partial charge in [0.25, 0.3) is 5.92 Å². The molecule has 0 spiro atoms. The third-order valence-corrected chi connectivity index (χ3v) is 5.09. The number of fused-ring (bicyclic) bond motifs is 3. The number of amides is 1. The Bertz CT molecular complexity index is 696. The lowest BCUT2D eigenvalue weighted by atomic mass is 9.96. The van der Waals surface area contributed by atoms with E-state index < -0.39 is 17.6 Å². The third kappa shape index (κ3) is 3.56. The van der Waals surface area contributed by atoms with Crippen molar-refractivity contribution in [2.24, 2.45) is 11.7 Å². The van der Waals surface area contributed by atoms with Gasteiger partial charge in [-0.1, -0.05) is 0 Å². The lowest BCUT2D eigenvalue weighted by Gasteiger charge is -2.35. The van der Waals surface area contributed by atoms with E-state index in [1.807, 2.05) is 6.92 Å². The van der Waals surface area contributed by atoms with Gasteiger partial charge in [-0.25, -0.2) is 4.79 Å². The van der Waals surface area contributed by atoms with Crippen molar-refractivity contribution in [3.63, 3.8) is 0 Å². The van der Waals surface area contributed by atoms with Gasteiger partial charge in [0.1, 0.15) is 11.3 Å². The number of nitrogens with zero attached hydrogens (tertiary/aromatic N) is 3. The van der Waals surface area contributed by atoms with Crippen LogP contribution < -0.4 is 5.73 Å². The molecule has 146 valence electrons. The molecule has 0 saturated carbocycles. The molecule has 0 aromatic carbocycles. The van der Waals surface area contributed by atoms with Crippen molar-refractivity contribution in [1.29, 1.82) is 0 Å². The molecule has 8 heteroatoms. The van der Waals surface area contributed by atoms with Crippen LogP contribution in [0, 0.1) is 5.92 Å². The maximum absolute atomic E-state index is 14.8. The molecule has 1 aromatic heterocycles. The van der Waals surface area contributed by atoms with Gasteiger partial charge >= 0.3 is 6.09 Å². The van der Waals surface area contributed by atoms with Gasteiger partial charge < -0.3 is 15.4 Å². The summed E-state index contributed by atoms with van der Waals surface area (Å²) in [5.74, 6) is -2.98. The highest BCUT2D eigenvalue weighted by molar-refractivity contribution is 5.69. The maximum Gasteiger partial charge on any atom is 0.410 e. The number of carbonyl (C=O) groups excluding carboxylic acids is 1. The number of carbonyl (C=O) groups is 1. The van der Waals surface area contributed by atoms with Gasteiger partial charge in [0.15, 0.2) is 0 Å². The van der Waals surface area contributed by atoms with Gasteiger partial charge in [0, 0.05) is 31.0 Å². The zero-order valence-electron chi connectivity index (χ0n) is 15.9. The van der Waals surface area contributed by atoms with E-state index in [9.17, 15) is 13.6 Å². The van der Waals surface area contributed by atoms with Crippen LogP contribution in [0.1, 0.15) is 57.5 Å². The van der Waals surface area contributed by atoms with Crippen molar-refractivity contribution < 1.29 is 18.3 Å². The number of alkyl halides is 2. The molecule has 2 aliphatic rings. The number of nitrogens with two attached hydrogens (primary N) is 1. The molecule has 1 aromatic rings. The number of ether oxygens (including phenoxy) is 1. The lowest BCUT2D eigenvalue weighted by molar-refractivity contribution is -0.0229. The molecule has 26 heavy (non-hydrogen) atoms. The van der Waals surface area contributed by atoms with Crippen LogP contribution in [-0.4, -0.2) is 39.0 Å². The van der Waals surface area contributed by atoms with Crippen molar-refractivity contribution in [1.82, 2.24) is 14.7 Å². The first kappa shape index (κ1) is 19.1. The molecule has 1 amide bonds. The first-order chi connectivity index (χ1) is 12.0. The van der Waals surface area contributed by atoms with Crippen molar-refractivity contribution in [3.8, 4) is 0 Å². The van der Waals surface area contributed by atoms with Crippen molar-refractivity contribution in [2.75, 3.05) is 6.54 Å². The van der Waals surface area contributed by atoms with E-state index in [0.717, 1.165) is 0 Å². The second-order valence-corrected chi connectivity index (χ2v) is 8.46. The fourth-order valence-electron chi connectivity index (χ4n) is 3.73. The zero-order chi connectivity index (χ0) is 19.3. The predicted molar refractivity (Wildman–Crippen MR) is 92.8 cm³/mol. The van der Waals surface area contributed by atoms with Crippen molar-refractivity contribution in [2.45, 2.75) is 77.6 Å². The van der Waals surface area contributed by atoms with E-state index in [4.69, 9.17) is 10.5 Å². The summed E-state index contributed by atoms with van der Waals surface area (Å²) < 4.78 is 36.6. The normalized spacial score (nSPS) is 25.3. The van der Waals surface area contributed by atoms with E-state index in [-0.39, 0.29) is 30.6 Å². The number of aromatic nitrogens is 2. The van der Waals surface area contributed by atoms with Gasteiger partial charge in [0.2, 0.25) is 0 Å². The number of rotatable bonds is 1. The Morgan fingerprint density at radius 3 is 2.73 bits per heavy atom. The minimum Gasteiger partial charge on any atom is -0.444 e. The molecule has 6 nitrogen and oxygen atoms in total. The maximum atomic E-state index is 14.8. The fourth-order valence-corrected chi connectivity index (χ4v) is 3.73. The van der Waals surface area contributed by atoms with Gasteiger partial charge in [-0.15, -0.1) is 0 Å². The topological polar surface area (TPSA) is 73.4 Å². The van der Waals surface area contributed by atoms with E-state index in [1.54, 1.807) is 20.8 Å². The first-order valence-corrected chi connectivity index (χ1v) is 9.18. The number of hydrogen-bond donors (Lipinski definition) is 1. The fraction of sp³-hybridized carbons (Fsp3) is 0.778. The summed E-state index contributed by atoms with van der Waals surface area (Å²) in [6.45, 7) is 8.12. The first-order valence-electron chi connectivity index (χ1n) is 9.18. The Kier molecular flexibility index (Phi) is 4.75. The van der Waals surface area contributed by atoms with Crippen molar-refractivity contribution >= 4 is 6.09 Å². The van der Waals surface area contributed by atoms with Crippen LogP contribution in [0.4, 0.5) is 13.6 Å². The minimum atomic E-state index is -2.97. The molecular weight excluding hydrogens is 342 g/mol. The number of halogens is 2. The molecular formula is C18H28F2N4O2. The van der Waals surface area contributed by atoms with Gasteiger partial charge in [-0.05, 0) is 46.6 Å². The molecule has 0 radical (unpaired) electrons. The average Bonchev–Trinajstić information content (AvgIpc) is 2.79. The molecule has 0 saturated heterocycles. The summed E-state index contributed by atoms with van der Waals surface area (Å²) in [6, 6.07) is -0.157. The Hall–Kier alpha value is -1.70. The smallest absolute Gasteiger partial charge is 0.410 e. The summed E-state index contributed by atoms with van der Waals surface area (Å²) in [6.07, 6.45) is 0.0909. The summed E-state index contributed by atoms with van der Waals surface area (Å²) in [7, 11) is 0. The van der Waals surface area contributed by atoms with Crippen molar-refractivity contribution in [3.05, 3.63) is 17.0 Å². The van der Waals surface area contributed by atoms with E-state index in [2.05, 4.69) is 5.10 Å². The molecule has 3 rings (SSSR count). The molecule has 2 atom stereocenters. The minimum absolute atomic E-state index is 0.0112. The Labute approximate surface area is 152 Å². The van der Waals surface area contributed by atoms with E-state index in [0.29, 0.717) is 37.2 Å². The molecule has 3 heterocycles. The van der Waals surface area contributed by atoms with Crippen LogP contribution in [0.3, 0.4) is 0 Å². The largest absolute Gasteiger partial charge is 0.444 e. The summed E-state index contributed by atoms with van der Waals surface area (Å²) in [5.41, 5.74) is 6.17. The van der Waals surface area contributed by atoms with Crippen LogP contribution in [0.15, 0.2) is 0 Å². The SMILES string of the molecule is C[C@@H]1Cc2nn3c(c2CN1C(=O)OC(C)(C)C)C(F)(F)CCC(CN)C3. The average molecular weight is 370 g/mol. The standard InChI is InChI=1S/C18H28F2N4O2/c1-11-7-14-13(10-23(11)16(25)26-17(2,3)4)15-18(19,20)6-5-12(8-21)9-24(15)22-14/h11-12H,5-10,21H2,1-4H3/t11-,12?/m1/s1.